The molecule has 1 fully saturated rings. The van der Waals surface area contributed by atoms with E-state index in [-0.39, 0.29) is 23.0 Å². The number of anilines is 2. The molecule has 1 aliphatic carbocycles. The number of nitrogens with zero attached hydrogens (tertiary/aromatic N) is 4. The van der Waals surface area contributed by atoms with E-state index in [2.05, 4.69) is 9.97 Å². The minimum absolute atomic E-state index is 0.0604. The summed E-state index contributed by atoms with van der Waals surface area (Å²) in [6.45, 7) is 0.579. The van der Waals surface area contributed by atoms with Crippen LogP contribution in [0.1, 0.15) is 24.1 Å². The first-order valence-electron chi connectivity index (χ1n) is 8.57. The van der Waals surface area contributed by atoms with Crippen LogP contribution in [0.3, 0.4) is 0 Å². The van der Waals surface area contributed by atoms with Crippen LogP contribution in [0.25, 0.3) is 6.08 Å². The lowest BCUT2D eigenvalue weighted by Crippen LogP contribution is -2.52. The van der Waals surface area contributed by atoms with Crippen LogP contribution < -0.4 is 9.80 Å². The van der Waals surface area contributed by atoms with Gasteiger partial charge in [0.15, 0.2) is 0 Å². The van der Waals surface area contributed by atoms with Crippen molar-refractivity contribution >= 4 is 35.1 Å². The van der Waals surface area contributed by atoms with Gasteiger partial charge in [-0.3, -0.25) is 4.79 Å². The Morgan fingerprint density at radius 1 is 1.35 bits per heavy atom. The highest BCUT2D eigenvalue weighted by Crippen LogP contribution is 2.32. The quantitative estimate of drug-likeness (QED) is 0.774. The normalized spacial score (nSPS) is 19.0. The van der Waals surface area contributed by atoms with E-state index in [1.165, 1.54) is 12.1 Å². The molecule has 0 spiro atoms. The number of hydrogen-bond donors (Lipinski definition) is 0. The second kappa shape index (κ2) is 6.68. The Bertz CT molecular complexity index is 901. The molecule has 1 aromatic heterocycles. The number of benzene rings is 1. The highest BCUT2D eigenvalue weighted by Gasteiger charge is 2.34. The van der Waals surface area contributed by atoms with Gasteiger partial charge in [-0.05, 0) is 42.6 Å². The van der Waals surface area contributed by atoms with Gasteiger partial charge in [0.2, 0.25) is 11.2 Å². The van der Waals surface area contributed by atoms with E-state index in [1.807, 2.05) is 24.1 Å². The molecule has 1 aromatic carbocycles. The third-order valence-electron chi connectivity index (χ3n) is 4.90. The second-order valence-corrected chi connectivity index (χ2v) is 6.86. The fourth-order valence-electron chi connectivity index (χ4n) is 3.62. The Balaban J connectivity index is 1.66. The van der Waals surface area contributed by atoms with E-state index in [0.29, 0.717) is 30.9 Å². The highest BCUT2D eigenvalue weighted by molar-refractivity contribution is 6.28. The van der Waals surface area contributed by atoms with Gasteiger partial charge >= 0.3 is 0 Å². The van der Waals surface area contributed by atoms with E-state index in [0.717, 1.165) is 17.7 Å². The third-order valence-corrected chi connectivity index (χ3v) is 5.07. The van der Waals surface area contributed by atoms with Crippen molar-refractivity contribution in [3.63, 3.8) is 0 Å². The lowest BCUT2D eigenvalue weighted by atomic mass is 10.0. The van der Waals surface area contributed by atoms with Crippen molar-refractivity contribution in [3.05, 3.63) is 52.7 Å². The zero-order valence-corrected chi connectivity index (χ0v) is 15.1. The van der Waals surface area contributed by atoms with E-state index >= 15 is 0 Å². The average molecular weight is 373 g/mol. The third kappa shape index (κ3) is 2.94. The zero-order valence-electron chi connectivity index (χ0n) is 14.3. The Labute approximate surface area is 156 Å². The number of fused-ring (bicyclic) bond motifs is 1. The predicted octanol–water partition coefficient (Wildman–Crippen LogP) is 3.47. The number of allylic oxidation sites excluding steroid dienone is 1. The molecule has 0 N–H and O–H groups in total. The molecule has 0 radical (unpaired) electrons. The van der Waals surface area contributed by atoms with Crippen LogP contribution in [0.2, 0.25) is 5.28 Å². The van der Waals surface area contributed by atoms with Gasteiger partial charge in [0.1, 0.15) is 17.7 Å². The summed E-state index contributed by atoms with van der Waals surface area (Å²) in [7, 11) is 1.85. The van der Waals surface area contributed by atoms with Crippen LogP contribution in [-0.2, 0) is 11.2 Å². The van der Waals surface area contributed by atoms with Gasteiger partial charge in [-0.2, -0.15) is 4.98 Å². The summed E-state index contributed by atoms with van der Waals surface area (Å²) >= 11 is 6.08. The fraction of sp³-hybridized carbons (Fsp3) is 0.316. The molecule has 4 rings (SSSR count). The SMILES string of the molecule is CN(c1nc(Cl)nc2c1C=CC2)C1CCCN(c2cccc(F)c2)C1=O. The molecular weight excluding hydrogens is 355 g/mol. The summed E-state index contributed by atoms with van der Waals surface area (Å²) in [6.07, 6.45) is 6.23. The molecular formula is C19H18ClFN4O. The Morgan fingerprint density at radius 2 is 2.19 bits per heavy atom. The van der Waals surface area contributed by atoms with E-state index < -0.39 is 0 Å². The molecule has 1 unspecified atom stereocenters. The molecule has 134 valence electrons. The van der Waals surface area contributed by atoms with Crippen LogP contribution in [0.5, 0.6) is 0 Å². The summed E-state index contributed by atoms with van der Waals surface area (Å²) in [5.41, 5.74) is 2.36. The van der Waals surface area contributed by atoms with Crippen molar-refractivity contribution in [2.75, 3.05) is 23.4 Å². The van der Waals surface area contributed by atoms with Crippen molar-refractivity contribution in [1.29, 1.82) is 0 Å². The van der Waals surface area contributed by atoms with E-state index in [4.69, 9.17) is 11.6 Å². The molecule has 5 nitrogen and oxygen atoms in total. The molecule has 1 atom stereocenters. The maximum Gasteiger partial charge on any atom is 0.249 e. The highest BCUT2D eigenvalue weighted by atomic mass is 35.5. The maximum atomic E-state index is 13.6. The number of carbonyl (C=O) groups is 1. The topological polar surface area (TPSA) is 49.3 Å². The molecule has 0 saturated carbocycles. The number of halogens is 2. The number of amides is 1. The van der Waals surface area contributed by atoms with Crippen molar-refractivity contribution in [2.45, 2.75) is 25.3 Å². The molecule has 2 aromatic rings. The average Bonchev–Trinajstić information content (AvgIpc) is 3.09. The lowest BCUT2D eigenvalue weighted by Gasteiger charge is -2.37. The Morgan fingerprint density at radius 3 is 3.00 bits per heavy atom. The number of aromatic nitrogens is 2. The monoisotopic (exact) mass is 372 g/mol. The van der Waals surface area contributed by atoms with Gasteiger partial charge in [0, 0.05) is 31.3 Å². The summed E-state index contributed by atoms with van der Waals surface area (Å²) in [6, 6.07) is 5.76. The first-order chi connectivity index (χ1) is 12.5. The molecule has 0 bridgehead atoms. The molecule has 1 amide bonds. The van der Waals surface area contributed by atoms with E-state index in [1.54, 1.807) is 17.0 Å². The summed E-state index contributed by atoms with van der Waals surface area (Å²) < 4.78 is 13.6. The van der Waals surface area contributed by atoms with Crippen LogP contribution >= 0.6 is 11.6 Å². The zero-order chi connectivity index (χ0) is 18.3. The molecule has 2 aliphatic rings. The summed E-state index contributed by atoms with van der Waals surface area (Å²) in [5.74, 6) is 0.249. The molecule has 7 heteroatoms. The van der Waals surface area contributed by atoms with Crippen LogP contribution in [0, 0.1) is 5.82 Å². The van der Waals surface area contributed by atoms with Crippen molar-refractivity contribution in [2.24, 2.45) is 0 Å². The first kappa shape index (κ1) is 17.0. The van der Waals surface area contributed by atoms with Crippen molar-refractivity contribution in [3.8, 4) is 0 Å². The van der Waals surface area contributed by atoms with Crippen LogP contribution in [0.4, 0.5) is 15.9 Å². The number of likely N-dealkylation sites (N-methyl/N-ethyl adjacent to an activating group) is 1. The number of piperidine rings is 1. The Kier molecular flexibility index (Phi) is 4.36. The van der Waals surface area contributed by atoms with Crippen molar-refractivity contribution in [1.82, 2.24) is 9.97 Å². The van der Waals surface area contributed by atoms with Crippen molar-refractivity contribution < 1.29 is 9.18 Å². The number of hydrogen-bond acceptors (Lipinski definition) is 4. The summed E-state index contributed by atoms with van der Waals surface area (Å²) in [5, 5.41) is 0.180. The minimum Gasteiger partial charge on any atom is -0.347 e. The number of rotatable bonds is 3. The largest absolute Gasteiger partial charge is 0.347 e. The van der Waals surface area contributed by atoms with Gasteiger partial charge in [-0.1, -0.05) is 18.2 Å². The minimum atomic E-state index is -0.379. The van der Waals surface area contributed by atoms with Gasteiger partial charge in [0.05, 0.1) is 5.69 Å². The molecule has 2 heterocycles. The smallest absolute Gasteiger partial charge is 0.249 e. The lowest BCUT2D eigenvalue weighted by molar-refractivity contribution is -0.120. The molecule has 1 saturated heterocycles. The standard InChI is InChI=1S/C19H18ClFN4O/c1-24(17-14-7-3-8-15(14)22-19(20)23-17)16-9-4-10-25(18(16)26)13-6-2-5-12(21)11-13/h2-3,5-7,11,16H,4,8-10H2,1H3. The molecule has 26 heavy (non-hydrogen) atoms. The maximum absolute atomic E-state index is 13.6. The van der Waals surface area contributed by atoms with Crippen LogP contribution in [0.15, 0.2) is 30.3 Å². The fourth-order valence-corrected chi connectivity index (χ4v) is 3.80. The van der Waals surface area contributed by atoms with Gasteiger partial charge < -0.3 is 9.80 Å². The summed E-state index contributed by atoms with van der Waals surface area (Å²) in [4.78, 5) is 25.2. The first-order valence-corrected chi connectivity index (χ1v) is 8.95. The van der Waals surface area contributed by atoms with Gasteiger partial charge in [-0.25, -0.2) is 9.37 Å². The second-order valence-electron chi connectivity index (χ2n) is 6.52. The Hall–Kier alpha value is -2.47. The van der Waals surface area contributed by atoms with Crippen LogP contribution in [-0.4, -0.2) is 35.5 Å². The number of carbonyl (C=O) groups excluding carboxylic acids is 1. The van der Waals surface area contributed by atoms with Gasteiger partial charge in [-0.15, -0.1) is 0 Å². The predicted molar refractivity (Wildman–Crippen MR) is 100.0 cm³/mol. The van der Waals surface area contributed by atoms with E-state index in [9.17, 15) is 9.18 Å². The van der Waals surface area contributed by atoms with Gasteiger partial charge in [0.25, 0.3) is 0 Å². The molecule has 1 aliphatic heterocycles.